The summed E-state index contributed by atoms with van der Waals surface area (Å²) in [6.07, 6.45) is 1.60. The number of halogens is 1. The van der Waals surface area contributed by atoms with E-state index < -0.39 is 0 Å². The van der Waals surface area contributed by atoms with Crippen LogP contribution < -0.4 is 0 Å². The molecule has 0 spiro atoms. The largest absolute Gasteiger partial charge is 0.234 e. The first-order valence-electron chi connectivity index (χ1n) is 4.69. The van der Waals surface area contributed by atoms with Crippen LogP contribution in [0.15, 0.2) is 30.6 Å². The third kappa shape index (κ3) is 1.58. The van der Waals surface area contributed by atoms with Crippen molar-refractivity contribution in [1.29, 1.82) is 0 Å². The number of hydrogen-bond donors (Lipinski definition) is 0. The molecular weight excluding hydrogens is 244 g/mol. The molecule has 16 heavy (non-hydrogen) atoms. The molecule has 2 aromatic heterocycles. The first kappa shape index (κ1) is 9.74. The van der Waals surface area contributed by atoms with Gasteiger partial charge >= 0.3 is 0 Å². The Kier molecular flexibility index (Phi) is 2.34. The third-order valence-electron chi connectivity index (χ3n) is 2.24. The molecule has 3 rings (SSSR count). The molecule has 0 fully saturated rings. The Morgan fingerprint density at radius 2 is 2.06 bits per heavy atom. The highest BCUT2D eigenvalue weighted by molar-refractivity contribution is 7.19. The first-order chi connectivity index (χ1) is 7.86. The van der Waals surface area contributed by atoms with Crippen LogP contribution in [0.25, 0.3) is 15.5 Å². The molecule has 4 nitrogen and oxygen atoms in total. The zero-order chi connectivity index (χ0) is 11.0. The standard InChI is InChI=1S/C10H7ClN4S/c11-5-7-1-3-8(4-2-7)9-14-15-6-12-13-10(15)16-9/h1-4,6H,5H2. The fourth-order valence-corrected chi connectivity index (χ4v) is 2.42. The fraction of sp³-hybridized carbons (Fsp3) is 0.100. The van der Waals surface area contributed by atoms with Crippen molar-refractivity contribution >= 4 is 27.9 Å². The molecule has 1 aromatic carbocycles. The maximum Gasteiger partial charge on any atom is 0.234 e. The van der Waals surface area contributed by atoms with Crippen molar-refractivity contribution in [3.05, 3.63) is 36.2 Å². The van der Waals surface area contributed by atoms with Gasteiger partial charge in [0.15, 0.2) is 0 Å². The molecule has 3 aromatic rings. The molecule has 0 N–H and O–H groups in total. The van der Waals surface area contributed by atoms with Crippen molar-refractivity contribution in [2.24, 2.45) is 0 Å². The van der Waals surface area contributed by atoms with Gasteiger partial charge in [0, 0.05) is 11.4 Å². The van der Waals surface area contributed by atoms with Crippen molar-refractivity contribution in [2.75, 3.05) is 0 Å². The Balaban J connectivity index is 2.05. The average Bonchev–Trinajstić information content (AvgIpc) is 2.89. The van der Waals surface area contributed by atoms with Crippen LogP contribution in [0.5, 0.6) is 0 Å². The summed E-state index contributed by atoms with van der Waals surface area (Å²) < 4.78 is 1.68. The van der Waals surface area contributed by atoms with E-state index in [1.807, 2.05) is 24.3 Å². The van der Waals surface area contributed by atoms with E-state index in [0.29, 0.717) is 5.88 Å². The zero-order valence-corrected chi connectivity index (χ0v) is 9.74. The minimum Gasteiger partial charge on any atom is -0.190 e. The van der Waals surface area contributed by atoms with E-state index in [0.717, 1.165) is 21.1 Å². The van der Waals surface area contributed by atoms with Gasteiger partial charge in [0.1, 0.15) is 11.3 Å². The van der Waals surface area contributed by atoms with Gasteiger partial charge in [-0.05, 0) is 5.56 Å². The van der Waals surface area contributed by atoms with Crippen molar-refractivity contribution in [3.8, 4) is 10.6 Å². The van der Waals surface area contributed by atoms with Gasteiger partial charge in [-0.2, -0.15) is 9.61 Å². The summed E-state index contributed by atoms with van der Waals surface area (Å²) in [5.74, 6) is 0.533. The molecule has 0 radical (unpaired) electrons. The van der Waals surface area contributed by atoms with Crippen molar-refractivity contribution in [2.45, 2.75) is 5.88 Å². The van der Waals surface area contributed by atoms with Gasteiger partial charge in [-0.25, -0.2) is 0 Å². The summed E-state index contributed by atoms with van der Waals surface area (Å²) >= 11 is 7.25. The molecule has 0 saturated carbocycles. The highest BCUT2D eigenvalue weighted by atomic mass is 35.5. The van der Waals surface area contributed by atoms with E-state index in [4.69, 9.17) is 11.6 Å². The Labute approximate surface area is 101 Å². The Hall–Kier alpha value is -1.46. The summed E-state index contributed by atoms with van der Waals surface area (Å²) in [7, 11) is 0. The van der Waals surface area contributed by atoms with Gasteiger partial charge in [0.2, 0.25) is 4.96 Å². The lowest BCUT2D eigenvalue weighted by atomic mass is 10.2. The van der Waals surface area contributed by atoms with Gasteiger partial charge in [0.05, 0.1) is 0 Å². The second kappa shape index (κ2) is 3.84. The highest BCUT2D eigenvalue weighted by Gasteiger charge is 2.07. The quantitative estimate of drug-likeness (QED) is 0.657. The smallest absolute Gasteiger partial charge is 0.190 e. The van der Waals surface area contributed by atoms with E-state index >= 15 is 0 Å². The van der Waals surface area contributed by atoms with Gasteiger partial charge < -0.3 is 0 Å². The van der Waals surface area contributed by atoms with Crippen LogP contribution in [-0.2, 0) is 5.88 Å². The number of alkyl halides is 1. The molecule has 0 aliphatic rings. The van der Waals surface area contributed by atoms with Crippen LogP contribution in [0.2, 0.25) is 0 Å². The monoisotopic (exact) mass is 250 g/mol. The zero-order valence-electron chi connectivity index (χ0n) is 8.17. The molecule has 80 valence electrons. The lowest BCUT2D eigenvalue weighted by Gasteiger charge is -1.97. The number of nitrogens with zero attached hydrogens (tertiary/aromatic N) is 4. The highest BCUT2D eigenvalue weighted by Crippen LogP contribution is 2.24. The second-order valence-corrected chi connectivity index (χ2v) is 4.52. The molecule has 0 atom stereocenters. The lowest BCUT2D eigenvalue weighted by Crippen LogP contribution is -1.83. The van der Waals surface area contributed by atoms with E-state index in [1.54, 1.807) is 10.8 Å². The number of hydrogen-bond acceptors (Lipinski definition) is 4. The number of aromatic nitrogens is 4. The number of fused-ring (bicyclic) bond motifs is 1. The third-order valence-corrected chi connectivity index (χ3v) is 3.51. The van der Waals surface area contributed by atoms with Gasteiger partial charge in [-0.3, -0.25) is 0 Å². The molecule has 0 saturated heterocycles. The minimum absolute atomic E-state index is 0.533. The van der Waals surface area contributed by atoms with Crippen molar-refractivity contribution in [1.82, 2.24) is 19.8 Å². The summed E-state index contributed by atoms with van der Waals surface area (Å²) in [6, 6.07) is 8.04. The first-order valence-corrected chi connectivity index (χ1v) is 6.04. The van der Waals surface area contributed by atoms with Crippen LogP contribution in [0.3, 0.4) is 0 Å². The summed E-state index contributed by atoms with van der Waals surface area (Å²) in [5, 5.41) is 13.0. The summed E-state index contributed by atoms with van der Waals surface area (Å²) in [5.41, 5.74) is 2.18. The van der Waals surface area contributed by atoms with Gasteiger partial charge in [-0.15, -0.1) is 21.8 Å². The predicted molar refractivity (Wildman–Crippen MR) is 63.7 cm³/mol. The molecule has 0 aliphatic carbocycles. The lowest BCUT2D eigenvalue weighted by molar-refractivity contribution is 0.960. The van der Waals surface area contributed by atoms with Crippen LogP contribution >= 0.6 is 22.9 Å². The van der Waals surface area contributed by atoms with Crippen LogP contribution in [0, 0.1) is 0 Å². The molecule has 6 heteroatoms. The number of benzene rings is 1. The summed E-state index contributed by atoms with van der Waals surface area (Å²) in [4.78, 5) is 0.802. The Morgan fingerprint density at radius 3 is 2.75 bits per heavy atom. The van der Waals surface area contributed by atoms with Crippen LogP contribution in [0.4, 0.5) is 0 Å². The van der Waals surface area contributed by atoms with Crippen molar-refractivity contribution in [3.63, 3.8) is 0 Å². The number of rotatable bonds is 2. The Bertz CT molecular complexity index is 585. The molecular formula is C10H7ClN4S. The van der Waals surface area contributed by atoms with Crippen LogP contribution in [-0.4, -0.2) is 19.8 Å². The second-order valence-electron chi connectivity index (χ2n) is 3.30. The maximum absolute atomic E-state index is 5.74. The van der Waals surface area contributed by atoms with Gasteiger partial charge in [0.25, 0.3) is 0 Å². The molecule has 2 heterocycles. The molecule has 0 bridgehead atoms. The molecule has 0 aliphatic heterocycles. The topological polar surface area (TPSA) is 43.1 Å². The average molecular weight is 251 g/mol. The minimum atomic E-state index is 0.533. The maximum atomic E-state index is 5.74. The predicted octanol–water partition coefficient (Wildman–Crippen LogP) is 2.59. The Morgan fingerprint density at radius 1 is 1.25 bits per heavy atom. The van der Waals surface area contributed by atoms with Gasteiger partial charge in [-0.1, -0.05) is 35.6 Å². The van der Waals surface area contributed by atoms with E-state index in [9.17, 15) is 0 Å². The van der Waals surface area contributed by atoms with E-state index in [2.05, 4.69) is 15.3 Å². The normalized spacial score (nSPS) is 11.1. The SMILES string of the molecule is ClCc1ccc(-c2nn3cnnc3s2)cc1. The van der Waals surface area contributed by atoms with Crippen molar-refractivity contribution < 1.29 is 0 Å². The van der Waals surface area contributed by atoms with E-state index in [-0.39, 0.29) is 0 Å². The van der Waals surface area contributed by atoms with Crippen LogP contribution in [0.1, 0.15) is 5.56 Å². The molecule has 0 amide bonds. The molecule has 0 unspecified atom stereocenters. The summed E-state index contributed by atoms with van der Waals surface area (Å²) in [6.45, 7) is 0. The fourth-order valence-electron chi connectivity index (χ4n) is 1.41. The van der Waals surface area contributed by atoms with E-state index in [1.165, 1.54) is 11.3 Å².